The topological polar surface area (TPSA) is 32.3 Å². The molecular weight excluding hydrogens is 645 g/mol. The van der Waals surface area contributed by atoms with Gasteiger partial charge in [0, 0.05) is 51.4 Å². The molecule has 53 heavy (non-hydrogen) atoms. The summed E-state index contributed by atoms with van der Waals surface area (Å²) < 4.78 is 0. The summed E-state index contributed by atoms with van der Waals surface area (Å²) in [5.74, 6) is 0. The van der Waals surface area contributed by atoms with Gasteiger partial charge in [0.15, 0.2) is 0 Å². The van der Waals surface area contributed by atoms with Crippen LogP contribution in [0.3, 0.4) is 0 Å². The maximum atomic E-state index is 5.04. The molecule has 252 valence electrons. The van der Waals surface area contributed by atoms with Crippen molar-refractivity contribution in [3.63, 3.8) is 0 Å². The summed E-state index contributed by atoms with van der Waals surface area (Å²) in [6.07, 6.45) is 1.85. The maximum absolute atomic E-state index is 5.04. The van der Waals surface area contributed by atoms with E-state index in [4.69, 9.17) is 9.97 Å². The fourth-order valence-corrected chi connectivity index (χ4v) is 7.11. The molecule has 0 spiro atoms. The molecule has 1 heterocycles. The molecule has 0 bridgehead atoms. The second-order valence-corrected chi connectivity index (χ2v) is 13.2. The number of rotatable bonds is 8. The largest absolute Gasteiger partial charge is 0.310 e. The van der Waals surface area contributed by atoms with Crippen LogP contribution in [0, 0.1) is 6.92 Å². The fourth-order valence-electron chi connectivity index (χ4n) is 7.11. The van der Waals surface area contributed by atoms with Crippen LogP contribution in [0.4, 0.5) is 34.1 Å². The van der Waals surface area contributed by atoms with Gasteiger partial charge in [0.1, 0.15) is 0 Å². The maximum Gasteiger partial charge on any atom is 0.0968 e. The lowest BCUT2D eigenvalue weighted by molar-refractivity contribution is 1.13. The van der Waals surface area contributed by atoms with Crippen molar-refractivity contribution in [3.8, 4) is 22.5 Å². The minimum absolute atomic E-state index is 0.848. The van der Waals surface area contributed by atoms with Gasteiger partial charge in [-0.15, -0.1) is 0 Å². The van der Waals surface area contributed by atoms with Crippen molar-refractivity contribution in [1.29, 1.82) is 0 Å². The van der Waals surface area contributed by atoms with E-state index in [9.17, 15) is 0 Å². The predicted octanol–water partition coefficient (Wildman–Crippen LogP) is 13.4. The summed E-state index contributed by atoms with van der Waals surface area (Å²) in [5.41, 5.74) is 11.1. The van der Waals surface area contributed by atoms with Crippen LogP contribution in [0.15, 0.2) is 200 Å². The summed E-state index contributed by atoms with van der Waals surface area (Å²) in [7, 11) is 0. The predicted molar refractivity (Wildman–Crippen MR) is 222 cm³/mol. The molecule has 0 aliphatic carbocycles. The third-order valence-corrected chi connectivity index (χ3v) is 9.70. The molecule has 0 fully saturated rings. The first-order valence-corrected chi connectivity index (χ1v) is 17.9. The highest BCUT2D eigenvalue weighted by molar-refractivity contribution is 5.91. The molecule has 0 N–H and O–H groups in total. The zero-order valence-corrected chi connectivity index (χ0v) is 29.3. The number of fused-ring (bicyclic) bond motifs is 2. The number of anilines is 6. The van der Waals surface area contributed by atoms with Crippen LogP contribution in [0.1, 0.15) is 5.69 Å². The second kappa shape index (κ2) is 13.9. The first kappa shape index (κ1) is 31.9. The number of benzene rings is 8. The minimum Gasteiger partial charge on any atom is -0.310 e. The highest BCUT2D eigenvalue weighted by Crippen LogP contribution is 2.40. The molecule has 4 heteroatoms. The van der Waals surface area contributed by atoms with E-state index in [1.165, 1.54) is 21.5 Å². The van der Waals surface area contributed by atoms with Crippen molar-refractivity contribution >= 4 is 55.7 Å². The van der Waals surface area contributed by atoms with Crippen LogP contribution in [0.2, 0.25) is 0 Å². The van der Waals surface area contributed by atoms with E-state index in [1.807, 2.05) is 13.1 Å². The van der Waals surface area contributed by atoms with Crippen molar-refractivity contribution in [2.45, 2.75) is 6.92 Å². The Kier molecular flexibility index (Phi) is 8.39. The van der Waals surface area contributed by atoms with Crippen molar-refractivity contribution in [3.05, 3.63) is 206 Å². The van der Waals surface area contributed by atoms with Crippen LogP contribution >= 0.6 is 0 Å². The Labute approximate surface area is 309 Å². The molecule has 9 rings (SSSR count). The third kappa shape index (κ3) is 6.39. The van der Waals surface area contributed by atoms with E-state index < -0.39 is 0 Å². The molecule has 0 atom stereocenters. The minimum atomic E-state index is 0.848. The van der Waals surface area contributed by atoms with Gasteiger partial charge >= 0.3 is 0 Å². The fraction of sp³-hybridized carbons (Fsp3) is 0.0204. The SMILES string of the molecule is Cc1cnc(-c2ccc(N(c3ccccc3)c3ccc4ccccc4c3)cc2)c(-c2ccc(N(c3ccccc3)c3ccc4ccccc4c3)cc2)n1. The van der Waals surface area contributed by atoms with E-state index in [-0.39, 0.29) is 0 Å². The lowest BCUT2D eigenvalue weighted by Gasteiger charge is -2.26. The average Bonchev–Trinajstić information content (AvgIpc) is 3.22. The van der Waals surface area contributed by atoms with Gasteiger partial charge in [-0.25, -0.2) is 4.98 Å². The molecule has 0 amide bonds. The molecule has 0 aliphatic rings. The van der Waals surface area contributed by atoms with Crippen LogP contribution in [0.25, 0.3) is 44.1 Å². The van der Waals surface area contributed by atoms with Gasteiger partial charge in [-0.1, -0.05) is 121 Å². The Bertz CT molecular complexity index is 2670. The van der Waals surface area contributed by atoms with Crippen LogP contribution in [-0.2, 0) is 0 Å². The summed E-state index contributed by atoms with van der Waals surface area (Å²) in [6, 6.07) is 68.6. The van der Waals surface area contributed by atoms with E-state index >= 15 is 0 Å². The quantitative estimate of drug-likeness (QED) is 0.160. The van der Waals surface area contributed by atoms with Gasteiger partial charge in [-0.3, -0.25) is 4.98 Å². The Morgan fingerprint density at radius 3 is 1.19 bits per heavy atom. The molecule has 4 nitrogen and oxygen atoms in total. The van der Waals surface area contributed by atoms with Gasteiger partial charge in [-0.05, 0) is 101 Å². The number of hydrogen-bond acceptors (Lipinski definition) is 4. The molecule has 9 aromatic rings. The molecule has 1 aromatic heterocycles. The molecule has 0 aliphatic heterocycles. The molecule has 0 saturated heterocycles. The van der Waals surface area contributed by atoms with Gasteiger partial charge in [0.2, 0.25) is 0 Å². The first-order chi connectivity index (χ1) is 26.2. The van der Waals surface area contributed by atoms with Crippen molar-refractivity contribution in [2.75, 3.05) is 9.80 Å². The number of aryl methyl sites for hydroxylation is 1. The molecule has 0 radical (unpaired) electrons. The Balaban J connectivity index is 1.07. The van der Waals surface area contributed by atoms with Crippen molar-refractivity contribution in [2.24, 2.45) is 0 Å². The molecular formula is C49H36N4. The lowest BCUT2D eigenvalue weighted by Crippen LogP contribution is -2.10. The lowest BCUT2D eigenvalue weighted by atomic mass is 10.0. The standard InChI is InChI=1S/C49H36N4/c1-35-34-50-48(38-22-26-44(27-23-38)52(42-16-4-2-5-17-42)46-30-20-36-12-8-10-14-40(36)32-46)49(51-35)39-24-28-45(29-25-39)53(43-18-6-3-7-19-43)47-31-21-37-13-9-11-15-41(37)33-47/h2-34H,1H3. The summed E-state index contributed by atoms with van der Waals surface area (Å²) >= 11 is 0. The number of para-hydroxylation sites is 2. The zero-order chi connectivity index (χ0) is 35.6. The van der Waals surface area contributed by atoms with Gasteiger partial charge in [-0.2, -0.15) is 0 Å². The van der Waals surface area contributed by atoms with Crippen LogP contribution in [-0.4, -0.2) is 9.97 Å². The summed E-state index contributed by atoms with van der Waals surface area (Å²) in [4.78, 5) is 14.6. The Morgan fingerprint density at radius 1 is 0.340 bits per heavy atom. The van der Waals surface area contributed by atoms with E-state index in [2.05, 4.69) is 204 Å². The Hall–Kier alpha value is -7.04. The zero-order valence-electron chi connectivity index (χ0n) is 29.3. The number of nitrogens with zero attached hydrogens (tertiary/aromatic N) is 4. The van der Waals surface area contributed by atoms with Gasteiger partial charge < -0.3 is 9.80 Å². The normalized spacial score (nSPS) is 11.1. The van der Waals surface area contributed by atoms with Crippen molar-refractivity contribution in [1.82, 2.24) is 9.97 Å². The highest BCUT2D eigenvalue weighted by Gasteiger charge is 2.17. The van der Waals surface area contributed by atoms with Gasteiger partial charge in [0.25, 0.3) is 0 Å². The number of hydrogen-bond donors (Lipinski definition) is 0. The monoisotopic (exact) mass is 680 g/mol. The molecule has 0 saturated carbocycles. The first-order valence-electron chi connectivity index (χ1n) is 17.9. The average molecular weight is 681 g/mol. The molecule has 8 aromatic carbocycles. The third-order valence-electron chi connectivity index (χ3n) is 9.70. The van der Waals surface area contributed by atoms with Crippen molar-refractivity contribution < 1.29 is 0 Å². The highest BCUT2D eigenvalue weighted by atomic mass is 15.1. The van der Waals surface area contributed by atoms with E-state index in [1.54, 1.807) is 0 Å². The Morgan fingerprint density at radius 2 is 0.717 bits per heavy atom. The van der Waals surface area contributed by atoms with Crippen LogP contribution < -0.4 is 9.80 Å². The van der Waals surface area contributed by atoms with Gasteiger partial charge in [0.05, 0.1) is 17.1 Å². The summed E-state index contributed by atoms with van der Waals surface area (Å²) in [6.45, 7) is 2.00. The van der Waals surface area contributed by atoms with Crippen LogP contribution in [0.5, 0.6) is 0 Å². The smallest absolute Gasteiger partial charge is 0.0968 e. The van der Waals surface area contributed by atoms with E-state index in [0.29, 0.717) is 0 Å². The summed E-state index contributed by atoms with van der Waals surface area (Å²) in [5, 5.41) is 4.86. The van der Waals surface area contributed by atoms with E-state index in [0.717, 1.165) is 62.3 Å². The number of aromatic nitrogens is 2. The second-order valence-electron chi connectivity index (χ2n) is 13.2. The molecule has 0 unspecified atom stereocenters.